The first-order valence-corrected chi connectivity index (χ1v) is 16.0. The molecule has 3 heterocycles. The molecule has 0 bridgehead atoms. The maximum absolute atomic E-state index is 6.67. The number of aromatic nitrogens is 4. The maximum atomic E-state index is 6.67. The van der Waals surface area contributed by atoms with E-state index in [1.54, 1.807) is 0 Å². The highest BCUT2D eigenvalue weighted by atomic mass is 16.3. The molecule has 224 valence electrons. The van der Waals surface area contributed by atoms with E-state index < -0.39 is 0 Å². The van der Waals surface area contributed by atoms with E-state index in [2.05, 4.69) is 120 Å². The molecule has 0 aliphatic heterocycles. The van der Waals surface area contributed by atoms with Crippen LogP contribution in [0.4, 0.5) is 0 Å². The Labute approximate surface area is 275 Å². The van der Waals surface area contributed by atoms with E-state index in [1.165, 1.54) is 10.8 Å². The Morgan fingerprint density at radius 1 is 0.438 bits per heavy atom. The highest BCUT2D eigenvalue weighted by molar-refractivity contribution is 6.15. The summed E-state index contributed by atoms with van der Waals surface area (Å²) in [6, 6.07) is 54.4. The Kier molecular flexibility index (Phi) is 5.81. The fourth-order valence-corrected chi connectivity index (χ4v) is 7.06. The Balaban J connectivity index is 1.24. The van der Waals surface area contributed by atoms with Gasteiger partial charge in [0, 0.05) is 38.2 Å². The standard InChI is InChI=1S/C43H26N4O/c1-2-13-28(14-3-1)41-44-42(46-43(45-41)47-36-21-8-6-16-32(36)33-17-7-9-22-37(33)47)35-20-11-23-38-39(35)34-19-10-18-31(40(34)48-38)30-25-24-27-12-4-5-15-29(27)26-30/h1-26H. The SMILES string of the molecule is c1ccc(-c2nc(-c3cccc4oc5c(-c6ccc7ccccc7c6)cccc5c34)nc(-n3c4ccccc4c4ccccc43)n2)cc1. The van der Waals surface area contributed by atoms with Crippen LogP contribution in [0.3, 0.4) is 0 Å². The lowest BCUT2D eigenvalue weighted by atomic mass is 9.98. The molecule has 7 aromatic carbocycles. The van der Waals surface area contributed by atoms with Gasteiger partial charge in [-0.3, -0.25) is 4.57 Å². The summed E-state index contributed by atoms with van der Waals surface area (Å²) >= 11 is 0. The van der Waals surface area contributed by atoms with Crippen LogP contribution in [-0.4, -0.2) is 19.5 Å². The zero-order chi connectivity index (χ0) is 31.6. The molecule has 0 N–H and O–H groups in total. The van der Waals surface area contributed by atoms with Crippen LogP contribution in [0, 0.1) is 0 Å². The molecule has 0 atom stereocenters. The zero-order valence-electron chi connectivity index (χ0n) is 25.7. The van der Waals surface area contributed by atoms with Crippen LogP contribution in [-0.2, 0) is 0 Å². The summed E-state index contributed by atoms with van der Waals surface area (Å²) in [5.74, 6) is 1.77. The van der Waals surface area contributed by atoms with Gasteiger partial charge in [0.2, 0.25) is 5.95 Å². The summed E-state index contributed by atoms with van der Waals surface area (Å²) in [5.41, 5.74) is 7.69. The molecular weight excluding hydrogens is 589 g/mol. The van der Waals surface area contributed by atoms with E-state index in [4.69, 9.17) is 19.4 Å². The molecule has 48 heavy (non-hydrogen) atoms. The Morgan fingerprint density at radius 3 is 1.90 bits per heavy atom. The van der Waals surface area contributed by atoms with Gasteiger partial charge in [-0.15, -0.1) is 0 Å². The lowest BCUT2D eigenvalue weighted by Gasteiger charge is -2.11. The minimum Gasteiger partial charge on any atom is -0.455 e. The van der Waals surface area contributed by atoms with Gasteiger partial charge in [0.15, 0.2) is 11.6 Å². The van der Waals surface area contributed by atoms with Crippen molar-refractivity contribution < 1.29 is 4.42 Å². The highest BCUT2D eigenvalue weighted by Crippen LogP contribution is 2.41. The lowest BCUT2D eigenvalue weighted by molar-refractivity contribution is 0.670. The topological polar surface area (TPSA) is 56.7 Å². The first-order valence-electron chi connectivity index (χ1n) is 16.0. The monoisotopic (exact) mass is 614 g/mol. The number of nitrogens with zero attached hydrogens (tertiary/aromatic N) is 4. The van der Waals surface area contributed by atoms with Crippen molar-refractivity contribution in [3.63, 3.8) is 0 Å². The molecule has 0 fully saturated rings. The number of para-hydroxylation sites is 3. The van der Waals surface area contributed by atoms with Crippen molar-refractivity contribution in [3.8, 4) is 39.9 Å². The molecule has 0 aliphatic carbocycles. The second-order valence-corrected chi connectivity index (χ2v) is 12.0. The van der Waals surface area contributed by atoms with Gasteiger partial charge in [-0.25, -0.2) is 4.98 Å². The number of hydrogen-bond donors (Lipinski definition) is 0. The number of rotatable bonds is 4. The van der Waals surface area contributed by atoms with Crippen molar-refractivity contribution in [3.05, 3.63) is 158 Å². The maximum Gasteiger partial charge on any atom is 0.238 e. The number of benzene rings is 7. The molecule has 0 spiro atoms. The average molecular weight is 615 g/mol. The number of hydrogen-bond acceptors (Lipinski definition) is 4. The first kappa shape index (κ1) is 26.6. The molecule has 0 saturated carbocycles. The molecule has 5 nitrogen and oxygen atoms in total. The van der Waals surface area contributed by atoms with Crippen LogP contribution in [0.1, 0.15) is 0 Å². The van der Waals surface area contributed by atoms with Crippen molar-refractivity contribution in [2.24, 2.45) is 0 Å². The van der Waals surface area contributed by atoms with Gasteiger partial charge in [-0.2, -0.15) is 9.97 Å². The molecule has 0 amide bonds. The molecular formula is C43H26N4O. The molecule has 3 aromatic heterocycles. The quantitative estimate of drug-likeness (QED) is 0.198. The van der Waals surface area contributed by atoms with Crippen LogP contribution in [0.2, 0.25) is 0 Å². The minimum atomic E-state index is 0.568. The zero-order valence-corrected chi connectivity index (χ0v) is 25.7. The van der Waals surface area contributed by atoms with Crippen molar-refractivity contribution >= 4 is 54.5 Å². The van der Waals surface area contributed by atoms with Crippen LogP contribution >= 0.6 is 0 Å². The van der Waals surface area contributed by atoms with Crippen molar-refractivity contribution in [1.29, 1.82) is 0 Å². The first-order chi connectivity index (χ1) is 23.8. The molecule has 5 heteroatoms. The molecule has 10 aromatic rings. The Morgan fingerprint density at radius 2 is 1.08 bits per heavy atom. The van der Waals surface area contributed by atoms with E-state index in [1.807, 2.05) is 42.5 Å². The average Bonchev–Trinajstić information content (AvgIpc) is 3.71. The summed E-state index contributed by atoms with van der Waals surface area (Å²) in [6.45, 7) is 0. The summed E-state index contributed by atoms with van der Waals surface area (Å²) < 4.78 is 8.82. The summed E-state index contributed by atoms with van der Waals surface area (Å²) in [4.78, 5) is 15.4. The van der Waals surface area contributed by atoms with E-state index in [9.17, 15) is 0 Å². The summed E-state index contributed by atoms with van der Waals surface area (Å²) in [7, 11) is 0. The van der Waals surface area contributed by atoms with Gasteiger partial charge in [-0.05, 0) is 40.6 Å². The summed E-state index contributed by atoms with van der Waals surface area (Å²) in [6.07, 6.45) is 0. The third kappa shape index (κ3) is 4.08. The second-order valence-electron chi connectivity index (χ2n) is 12.0. The van der Waals surface area contributed by atoms with Crippen LogP contribution < -0.4 is 0 Å². The van der Waals surface area contributed by atoms with E-state index in [0.29, 0.717) is 17.6 Å². The van der Waals surface area contributed by atoms with Gasteiger partial charge in [0.05, 0.1) is 11.0 Å². The van der Waals surface area contributed by atoms with Gasteiger partial charge < -0.3 is 4.42 Å². The Hall–Kier alpha value is -6.59. The minimum absolute atomic E-state index is 0.568. The molecule has 0 unspecified atom stereocenters. The van der Waals surface area contributed by atoms with Crippen LogP contribution in [0.15, 0.2) is 162 Å². The van der Waals surface area contributed by atoms with Gasteiger partial charge in [0.1, 0.15) is 11.2 Å². The molecule has 0 radical (unpaired) electrons. The Bertz CT molecular complexity index is 2800. The number of furan rings is 1. The third-order valence-electron chi connectivity index (χ3n) is 9.26. The fourth-order valence-electron chi connectivity index (χ4n) is 7.06. The molecule has 0 saturated heterocycles. The van der Waals surface area contributed by atoms with Crippen molar-refractivity contribution in [2.75, 3.05) is 0 Å². The van der Waals surface area contributed by atoms with Crippen molar-refractivity contribution in [2.45, 2.75) is 0 Å². The highest BCUT2D eigenvalue weighted by Gasteiger charge is 2.21. The fraction of sp³-hybridized carbons (Fsp3) is 0. The van der Waals surface area contributed by atoms with Crippen LogP contribution in [0.5, 0.6) is 0 Å². The normalized spacial score (nSPS) is 11.8. The van der Waals surface area contributed by atoms with Gasteiger partial charge >= 0.3 is 0 Å². The van der Waals surface area contributed by atoms with E-state index >= 15 is 0 Å². The van der Waals surface area contributed by atoms with Gasteiger partial charge in [-0.1, -0.05) is 133 Å². The second kappa shape index (κ2) is 10.5. The largest absolute Gasteiger partial charge is 0.455 e. The predicted octanol–water partition coefficient (Wildman–Crippen LogP) is 11.0. The number of fused-ring (bicyclic) bond motifs is 7. The van der Waals surface area contributed by atoms with E-state index in [-0.39, 0.29) is 0 Å². The molecule has 0 aliphatic rings. The summed E-state index contributed by atoms with van der Waals surface area (Å²) in [5, 5.41) is 6.71. The van der Waals surface area contributed by atoms with E-state index in [0.717, 1.165) is 66.0 Å². The molecule has 10 rings (SSSR count). The van der Waals surface area contributed by atoms with Crippen LogP contribution in [0.25, 0.3) is 94.4 Å². The third-order valence-corrected chi connectivity index (χ3v) is 9.26. The van der Waals surface area contributed by atoms with Crippen molar-refractivity contribution in [1.82, 2.24) is 19.5 Å². The van der Waals surface area contributed by atoms with Gasteiger partial charge in [0.25, 0.3) is 0 Å². The lowest BCUT2D eigenvalue weighted by Crippen LogP contribution is -2.06. The predicted molar refractivity (Wildman–Crippen MR) is 195 cm³/mol. The smallest absolute Gasteiger partial charge is 0.238 e.